The van der Waals surface area contributed by atoms with E-state index in [1.165, 1.54) is 38.5 Å². The molecule has 6 heteroatoms. The van der Waals surface area contributed by atoms with Gasteiger partial charge in [0.15, 0.2) is 0 Å². The van der Waals surface area contributed by atoms with Gasteiger partial charge in [-0.2, -0.15) is 5.10 Å². The molecule has 1 atom stereocenters. The van der Waals surface area contributed by atoms with Gasteiger partial charge in [0, 0.05) is 13.1 Å². The smallest absolute Gasteiger partial charge is 0.271 e. The maximum Gasteiger partial charge on any atom is 0.271 e. The average Bonchev–Trinajstić information content (AvgIpc) is 2.83. The molecule has 2 rings (SSSR count). The van der Waals surface area contributed by atoms with Crippen LogP contribution in [0.25, 0.3) is 0 Å². The molecule has 19 heavy (non-hydrogen) atoms. The summed E-state index contributed by atoms with van der Waals surface area (Å²) in [6.07, 6.45) is 5.39. The number of carbonyl (C=O) groups is 1. The van der Waals surface area contributed by atoms with Gasteiger partial charge in [0.2, 0.25) is 0 Å². The number of nitrogen functional groups attached to an aromatic ring is 1. The maximum absolute atomic E-state index is 11.8. The molecular formula is C13H23N5O. The largest absolute Gasteiger partial charge is 0.396 e. The number of likely N-dealkylation sites (tertiary alicyclic amines) is 1. The van der Waals surface area contributed by atoms with Gasteiger partial charge in [0.05, 0.1) is 11.9 Å². The van der Waals surface area contributed by atoms with Crippen molar-refractivity contribution < 1.29 is 4.79 Å². The highest BCUT2D eigenvalue weighted by Gasteiger charge is 2.16. The van der Waals surface area contributed by atoms with Crippen LogP contribution in [0.2, 0.25) is 0 Å². The Labute approximate surface area is 113 Å². The summed E-state index contributed by atoms with van der Waals surface area (Å²) >= 11 is 0. The summed E-state index contributed by atoms with van der Waals surface area (Å²) in [6.45, 7) is 6.23. The van der Waals surface area contributed by atoms with Crippen molar-refractivity contribution in [2.45, 2.75) is 26.2 Å². The highest BCUT2D eigenvalue weighted by molar-refractivity contribution is 5.96. The minimum atomic E-state index is -0.180. The second-order valence-electron chi connectivity index (χ2n) is 5.38. The van der Waals surface area contributed by atoms with E-state index in [0.717, 1.165) is 6.54 Å². The van der Waals surface area contributed by atoms with Crippen LogP contribution in [0, 0.1) is 5.92 Å². The van der Waals surface area contributed by atoms with Crippen molar-refractivity contribution >= 4 is 11.6 Å². The van der Waals surface area contributed by atoms with E-state index in [1.807, 2.05) is 0 Å². The molecule has 6 nitrogen and oxygen atoms in total. The molecule has 106 valence electrons. The molecule has 1 aliphatic heterocycles. The van der Waals surface area contributed by atoms with E-state index in [0.29, 0.717) is 23.8 Å². The number of aromatic nitrogens is 2. The summed E-state index contributed by atoms with van der Waals surface area (Å²) in [5.41, 5.74) is 6.38. The van der Waals surface area contributed by atoms with Crippen LogP contribution in [-0.4, -0.2) is 47.2 Å². The van der Waals surface area contributed by atoms with Crippen LogP contribution in [0.1, 0.15) is 36.7 Å². The lowest BCUT2D eigenvalue weighted by atomic mass is 10.1. The van der Waals surface area contributed by atoms with Crippen LogP contribution >= 0.6 is 0 Å². The van der Waals surface area contributed by atoms with Crippen LogP contribution in [0.5, 0.6) is 0 Å². The predicted molar refractivity (Wildman–Crippen MR) is 74.8 cm³/mol. The quantitative estimate of drug-likeness (QED) is 0.736. The number of H-pyrrole nitrogens is 1. The molecule has 4 N–H and O–H groups in total. The molecule has 0 radical (unpaired) electrons. The third-order valence-electron chi connectivity index (χ3n) is 3.53. The summed E-state index contributed by atoms with van der Waals surface area (Å²) < 4.78 is 0. The first kappa shape index (κ1) is 13.9. The lowest BCUT2D eigenvalue weighted by molar-refractivity contribution is 0.0938. The number of nitrogens with zero attached hydrogens (tertiary/aromatic N) is 2. The first-order chi connectivity index (χ1) is 9.16. The van der Waals surface area contributed by atoms with Crippen molar-refractivity contribution in [3.05, 3.63) is 11.9 Å². The van der Waals surface area contributed by atoms with Crippen molar-refractivity contribution in [2.24, 2.45) is 5.92 Å². The van der Waals surface area contributed by atoms with Crippen LogP contribution in [-0.2, 0) is 0 Å². The highest BCUT2D eigenvalue weighted by atomic mass is 16.1. The van der Waals surface area contributed by atoms with Crippen LogP contribution < -0.4 is 11.1 Å². The van der Waals surface area contributed by atoms with Gasteiger partial charge in [0.1, 0.15) is 5.69 Å². The normalized spacial score (nSPS) is 18.2. The van der Waals surface area contributed by atoms with Crippen LogP contribution in [0.4, 0.5) is 5.69 Å². The maximum atomic E-state index is 11.8. The molecule has 0 spiro atoms. The Morgan fingerprint density at radius 3 is 2.89 bits per heavy atom. The lowest BCUT2D eigenvalue weighted by Crippen LogP contribution is -2.38. The molecule has 0 bridgehead atoms. The number of hydrogen-bond donors (Lipinski definition) is 3. The molecule has 1 fully saturated rings. The van der Waals surface area contributed by atoms with E-state index >= 15 is 0 Å². The monoisotopic (exact) mass is 265 g/mol. The van der Waals surface area contributed by atoms with Crippen molar-refractivity contribution in [1.82, 2.24) is 20.4 Å². The van der Waals surface area contributed by atoms with Gasteiger partial charge < -0.3 is 16.0 Å². The fourth-order valence-electron chi connectivity index (χ4n) is 2.48. The van der Waals surface area contributed by atoms with Gasteiger partial charge in [-0.3, -0.25) is 9.89 Å². The number of nitrogens with one attached hydrogen (secondary N) is 2. The fourth-order valence-corrected chi connectivity index (χ4v) is 2.48. The summed E-state index contributed by atoms with van der Waals surface area (Å²) in [6, 6.07) is 0. The van der Waals surface area contributed by atoms with E-state index < -0.39 is 0 Å². The Morgan fingerprint density at radius 1 is 1.53 bits per heavy atom. The number of rotatable bonds is 5. The summed E-state index contributed by atoms with van der Waals surface area (Å²) in [7, 11) is 0. The van der Waals surface area contributed by atoms with Crippen molar-refractivity contribution in [1.29, 1.82) is 0 Å². The third kappa shape index (κ3) is 3.96. The Kier molecular flexibility index (Phi) is 4.79. The Morgan fingerprint density at radius 2 is 2.26 bits per heavy atom. The first-order valence-corrected chi connectivity index (χ1v) is 6.96. The van der Waals surface area contributed by atoms with Gasteiger partial charge in [-0.25, -0.2) is 0 Å². The molecule has 0 aromatic carbocycles. The first-order valence-electron chi connectivity index (χ1n) is 6.96. The van der Waals surface area contributed by atoms with E-state index in [9.17, 15) is 4.79 Å². The summed E-state index contributed by atoms with van der Waals surface area (Å²) in [5.74, 6) is 0.256. The molecular weight excluding hydrogens is 242 g/mol. The van der Waals surface area contributed by atoms with E-state index in [4.69, 9.17) is 5.73 Å². The Hall–Kier alpha value is -1.56. The molecule has 1 unspecified atom stereocenters. The number of aromatic amines is 1. The molecule has 1 aromatic rings. The van der Waals surface area contributed by atoms with Crippen molar-refractivity contribution in [3.63, 3.8) is 0 Å². The zero-order valence-electron chi connectivity index (χ0n) is 11.5. The van der Waals surface area contributed by atoms with Gasteiger partial charge in [-0.1, -0.05) is 13.3 Å². The number of hydrogen-bond acceptors (Lipinski definition) is 4. The third-order valence-corrected chi connectivity index (χ3v) is 3.53. The number of amides is 1. The van der Waals surface area contributed by atoms with Crippen molar-refractivity contribution in [2.75, 3.05) is 31.9 Å². The predicted octanol–water partition coefficient (Wildman–Crippen LogP) is 0.844. The number of carbonyl (C=O) groups excluding carboxylic acids is 1. The Balaban J connectivity index is 1.72. The summed E-state index contributed by atoms with van der Waals surface area (Å²) in [4.78, 5) is 14.3. The second-order valence-corrected chi connectivity index (χ2v) is 5.38. The van der Waals surface area contributed by atoms with E-state index in [1.54, 1.807) is 0 Å². The van der Waals surface area contributed by atoms with Gasteiger partial charge in [-0.05, 0) is 31.8 Å². The highest BCUT2D eigenvalue weighted by Crippen LogP contribution is 2.11. The summed E-state index contributed by atoms with van der Waals surface area (Å²) in [5, 5.41) is 9.26. The molecule has 1 aliphatic rings. The second kappa shape index (κ2) is 6.56. The molecule has 1 aromatic heterocycles. The minimum Gasteiger partial charge on any atom is -0.396 e. The average molecular weight is 265 g/mol. The van der Waals surface area contributed by atoms with Gasteiger partial charge in [-0.15, -0.1) is 0 Å². The minimum absolute atomic E-state index is 0.180. The van der Waals surface area contributed by atoms with E-state index in [2.05, 4.69) is 27.3 Å². The molecule has 0 aliphatic carbocycles. The standard InChI is InChI=1S/C13H23N5O/c1-10(9-18-5-3-2-4-6-18)7-15-13(19)12-11(14)8-16-17-12/h8,10H,2-7,9,14H2,1H3,(H,15,19)(H,16,17). The molecule has 0 saturated carbocycles. The number of piperidine rings is 1. The lowest BCUT2D eigenvalue weighted by Gasteiger charge is -2.29. The topological polar surface area (TPSA) is 87.0 Å². The van der Waals surface area contributed by atoms with E-state index in [-0.39, 0.29) is 5.91 Å². The van der Waals surface area contributed by atoms with Gasteiger partial charge >= 0.3 is 0 Å². The molecule has 2 heterocycles. The van der Waals surface area contributed by atoms with Crippen molar-refractivity contribution in [3.8, 4) is 0 Å². The number of anilines is 1. The molecule has 1 saturated heterocycles. The zero-order chi connectivity index (χ0) is 13.7. The number of nitrogens with two attached hydrogens (primary N) is 1. The molecule has 1 amide bonds. The Bertz CT molecular complexity index is 411. The zero-order valence-corrected chi connectivity index (χ0v) is 11.5. The van der Waals surface area contributed by atoms with Crippen LogP contribution in [0.3, 0.4) is 0 Å². The van der Waals surface area contributed by atoms with Gasteiger partial charge in [0.25, 0.3) is 5.91 Å². The fraction of sp³-hybridized carbons (Fsp3) is 0.692. The SMILES string of the molecule is CC(CNC(=O)c1[nH]ncc1N)CN1CCCCC1. The van der Waals surface area contributed by atoms with Crippen LogP contribution in [0.15, 0.2) is 6.20 Å².